The zero-order valence-electron chi connectivity index (χ0n) is 14.8. The summed E-state index contributed by atoms with van der Waals surface area (Å²) in [6.45, 7) is 1.64. The van der Waals surface area contributed by atoms with Gasteiger partial charge in [-0.3, -0.25) is 4.79 Å². The summed E-state index contributed by atoms with van der Waals surface area (Å²) in [5, 5.41) is 11.6. The average Bonchev–Trinajstić information content (AvgIpc) is 2.57. The van der Waals surface area contributed by atoms with E-state index in [9.17, 15) is 22.8 Å². The number of carboxylic acid groups (broad SMARTS) is 1. The number of alkyl halides is 3. The van der Waals surface area contributed by atoms with Crippen LogP contribution in [-0.2, 0) is 16.0 Å². The quantitative estimate of drug-likeness (QED) is 0.691. The average molecular weight is 377 g/mol. The topological polar surface area (TPSA) is 84.9 Å². The largest absolute Gasteiger partial charge is 0.493 e. The summed E-state index contributed by atoms with van der Waals surface area (Å²) in [6.07, 6.45) is -3.94. The number of nitrogens with one attached hydrogen (secondary N) is 1. The van der Waals surface area contributed by atoms with E-state index in [1.807, 2.05) is 0 Å². The SMILES string of the molecule is CCC(C)(NC(=O)CCc1ccc(OCC(F)(F)F)c(OC)c1)C(=O)O. The van der Waals surface area contributed by atoms with Gasteiger partial charge in [-0.2, -0.15) is 13.2 Å². The van der Waals surface area contributed by atoms with E-state index in [-0.39, 0.29) is 30.8 Å². The molecular formula is C17H22F3NO5. The maximum absolute atomic E-state index is 12.2. The number of hydrogen-bond acceptors (Lipinski definition) is 4. The molecule has 0 aliphatic rings. The fourth-order valence-corrected chi connectivity index (χ4v) is 2.07. The van der Waals surface area contributed by atoms with Crippen molar-refractivity contribution >= 4 is 11.9 Å². The van der Waals surface area contributed by atoms with Crippen LogP contribution in [-0.4, -0.2) is 42.4 Å². The highest BCUT2D eigenvalue weighted by atomic mass is 19.4. The lowest BCUT2D eigenvalue weighted by atomic mass is 9.98. The van der Waals surface area contributed by atoms with Crippen LogP contribution in [0.2, 0.25) is 0 Å². The van der Waals surface area contributed by atoms with Crippen LogP contribution in [0.4, 0.5) is 13.2 Å². The number of rotatable bonds is 9. The molecule has 1 atom stereocenters. The Bertz CT molecular complexity index is 648. The molecule has 1 aromatic carbocycles. The van der Waals surface area contributed by atoms with Crippen LogP contribution >= 0.6 is 0 Å². The minimum absolute atomic E-state index is 0.0226. The molecule has 1 amide bonds. The van der Waals surface area contributed by atoms with Crippen molar-refractivity contribution in [2.24, 2.45) is 0 Å². The number of ether oxygens (including phenoxy) is 2. The summed E-state index contributed by atoms with van der Waals surface area (Å²) in [6, 6.07) is 4.35. The zero-order valence-corrected chi connectivity index (χ0v) is 14.8. The van der Waals surface area contributed by atoms with Crippen molar-refractivity contribution in [1.82, 2.24) is 5.32 Å². The van der Waals surface area contributed by atoms with Gasteiger partial charge < -0.3 is 19.9 Å². The first-order valence-electron chi connectivity index (χ1n) is 7.91. The molecule has 0 fully saturated rings. The van der Waals surface area contributed by atoms with Crippen LogP contribution in [0.3, 0.4) is 0 Å². The molecule has 0 radical (unpaired) electrons. The number of carbonyl (C=O) groups is 2. The highest BCUT2D eigenvalue weighted by Gasteiger charge is 2.32. The van der Waals surface area contributed by atoms with Crippen LogP contribution in [0.1, 0.15) is 32.3 Å². The minimum Gasteiger partial charge on any atom is -0.493 e. The number of carboxylic acids is 1. The second kappa shape index (κ2) is 8.77. The lowest BCUT2D eigenvalue weighted by Gasteiger charge is -2.24. The Morgan fingerprint density at radius 1 is 1.23 bits per heavy atom. The lowest BCUT2D eigenvalue weighted by molar-refractivity contribution is -0.153. The summed E-state index contributed by atoms with van der Waals surface area (Å²) in [5.41, 5.74) is -0.700. The molecule has 0 aromatic heterocycles. The number of benzene rings is 1. The van der Waals surface area contributed by atoms with E-state index in [1.165, 1.54) is 32.2 Å². The molecule has 0 aliphatic heterocycles. The van der Waals surface area contributed by atoms with Crippen molar-refractivity contribution in [2.45, 2.75) is 44.8 Å². The first-order valence-corrected chi connectivity index (χ1v) is 7.91. The summed E-state index contributed by atoms with van der Waals surface area (Å²) < 4.78 is 46.4. The van der Waals surface area contributed by atoms with Crippen LogP contribution in [0.15, 0.2) is 18.2 Å². The maximum Gasteiger partial charge on any atom is 0.422 e. The second-order valence-corrected chi connectivity index (χ2v) is 5.93. The third-order valence-corrected chi connectivity index (χ3v) is 3.85. The van der Waals surface area contributed by atoms with Gasteiger partial charge in [0.05, 0.1) is 7.11 Å². The van der Waals surface area contributed by atoms with E-state index in [0.29, 0.717) is 5.56 Å². The molecule has 9 heteroatoms. The number of aliphatic carboxylic acids is 1. The van der Waals surface area contributed by atoms with Crippen molar-refractivity contribution < 1.29 is 37.3 Å². The minimum atomic E-state index is -4.46. The predicted octanol–water partition coefficient (Wildman–Crippen LogP) is 2.94. The highest BCUT2D eigenvalue weighted by molar-refractivity contribution is 5.86. The summed E-state index contributed by atoms with van der Waals surface area (Å²) in [4.78, 5) is 23.2. The molecule has 1 unspecified atom stereocenters. The fourth-order valence-electron chi connectivity index (χ4n) is 2.07. The molecule has 0 saturated carbocycles. The van der Waals surface area contributed by atoms with Gasteiger partial charge in [0.2, 0.25) is 5.91 Å². The molecule has 1 rings (SSSR count). The molecule has 0 aliphatic carbocycles. The molecule has 2 N–H and O–H groups in total. The van der Waals surface area contributed by atoms with Gasteiger partial charge in [0, 0.05) is 6.42 Å². The highest BCUT2D eigenvalue weighted by Crippen LogP contribution is 2.30. The van der Waals surface area contributed by atoms with Gasteiger partial charge in [-0.15, -0.1) is 0 Å². The molecule has 0 heterocycles. The van der Waals surface area contributed by atoms with Gasteiger partial charge in [0.15, 0.2) is 18.1 Å². The van der Waals surface area contributed by atoms with Crippen LogP contribution in [0.25, 0.3) is 0 Å². The molecule has 26 heavy (non-hydrogen) atoms. The third-order valence-electron chi connectivity index (χ3n) is 3.85. The standard InChI is InChI=1S/C17H22F3NO5/c1-4-16(2,15(23)24)21-14(22)8-6-11-5-7-12(13(9-11)25-3)26-10-17(18,19)20/h5,7,9H,4,6,8,10H2,1-3H3,(H,21,22)(H,23,24). The second-order valence-electron chi connectivity index (χ2n) is 5.93. The molecule has 146 valence electrons. The summed E-state index contributed by atoms with van der Waals surface area (Å²) in [5.74, 6) is -1.49. The van der Waals surface area contributed by atoms with Crippen molar-refractivity contribution in [3.05, 3.63) is 23.8 Å². The Labute approximate surface area is 149 Å². The Balaban J connectivity index is 2.70. The summed E-state index contributed by atoms with van der Waals surface area (Å²) >= 11 is 0. The van der Waals surface area contributed by atoms with Gasteiger partial charge >= 0.3 is 12.1 Å². The monoisotopic (exact) mass is 377 g/mol. The number of amides is 1. The Kier molecular flexibility index (Phi) is 7.29. The van der Waals surface area contributed by atoms with E-state index >= 15 is 0 Å². The molecule has 0 saturated heterocycles. The number of aryl methyl sites for hydroxylation is 1. The molecule has 0 spiro atoms. The van der Waals surface area contributed by atoms with E-state index in [0.717, 1.165) is 0 Å². The van der Waals surface area contributed by atoms with Crippen LogP contribution < -0.4 is 14.8 Å². The summed E-state index contributed by atoms with van der Waals surface area (Å²) in [7, 11) is 1.30. The first kappa shape index (κ1) is 21.6. The molecule has 1 aromatic rings. The zero-order chi connectivity index (χ0) is 20.0. The number of hydrogen-bond donors (Lipinski definition) is 2. The number of methoxy groups -OCH3 is 1. The molecular weight excluding hydrogens is 355 g/mol. The number of carbonyl (C=O) groups excluding carboxylic acids is 1. The Hall–Kier alpha value is -2.45. The normalized spacial score (nSPS) is 13.6. The Morgan fingerprint density at radius 3 is 2.38 bits per heavy atom. The van der Waals surface area contributed by atoms with Gasteiger partial charge in [-0.25, -0.2) is 4.79 Å². The van der Waals surface area contributed by atoms with Gasteiger partial charge in [-0.1, -0.05) is 13.0 Å². The van der Waals surface area contributed by atoms with Gasteiger partial charge in [0.25, 0.3) is 0 Å². The van der Waals surface area contributed by atoms with Crippen molar-refractivity contribution in [3.63, 3.8) is 0 Å². The van der Waals surface area contributed by atoms with E-state index < -0.39 is 30.2 Å². The third kappa shape index (κ3) is 6.45. The van der Waals surface area contributed by atoms with E-state index in [1.54, 1.807) is 6.92 Å². The van der Waals surface area contributed by atoms with Crippen molar-refractivity contribution in [1.29, 1.82) is 0 Å². The first-order chi connectivity index (χ1) is 12.0. The van der Waals surface area contributed by atoms with E-state index in [2.05, 4.69) is 10.1 Å². The van der Waals surface area contributed by atoms with Crippen molar-refractivity contribution in [3.8, 4) is 11.5 Å². The molecule has 6 nitrogen and oxygen atoms in total. The smallest absolute Gasteiger partial charge is 0.422 e. The fraction of sp³-hybridized carbons (Fsp3) is 0.529. The maximum atomic E-state index is 12.2. The van der Waals surface area contributed by atoms with Crippen LogP contribution in [0, 0.1) is 0 Å². The van der Waals surface area contributed by atoms with Crippen LogP contribution in [0.5, 0.6) is 11.5 Å². The van der Waals surface area contributed by atoms with Gasteiger partial charge in [0.1, 0.15) is 5.54 Å². The lowest BCUT2D eigenvalue weighted by Crippen LogP contribution is -2.51. The predicted molar refractivity (Wildman–Crippen MR) is 87.3 cm³/mol. The Morgan fingerprint density at radius 2 is 1.88 bits per heavy atom. The number of halogens is 3. The van der Waals surface area contributed by atoms with E-state index in [4.69, 9.17) is 9.84 Å². The molecule has 0 bridgehead atoms. The van der Waals surface area contributed by atoms with Gasteiger partial charge in [-0.05, 0) is 37.5 Å². The van der Waals surface area contributed by atoms with Crippen molar-refractivity contribution in [2.75, 3.05) is 13.7 Å².